The Labute approximate surface area is 185 Å². The topological polar surface area (TPSA) is 70.7 Å². The van der Waals surface area contributed by atoms with E-state index < -0.39 is 12.1 Å². The smallest absolute Gasteiger partial charge is 0.276 e. The Bertz CT molecular complexity index is 1130. The molecule has 0 unspecified atom stereocenters. The molecule has 3 aromatic carbocycles. The molecule has 1 atom stereocenters. The molecular weight excluding hydrogens is 414 g/mol. The summed E-state index contributed by atoms with van der Waals surface area (Å²) in [6, 6.07) is 21.0. The molecule has 0 saturated heterocycles. The molecule has 4 rings (SSSR count). The van der Waals surface area contributed by atoms with E-state index in [2.05, 4.69) is 17.3 Å². The van der Waals surface area contributed by atoms with Crippen molar-refractivity contribution in [3.05, 3.63) is 107 Å². The number of fused-ring (bicyclic) bond motifs is 1. The second kappa shape index (κ2) is 8.93. The van der Waals surface area contributed by atoms with Crippen molar-refractivity contribution in [1.82, 2.24) is 10.4 Å². The van der Waals surface area contributed by atoms with Gasteiger partial charge in [0.05, 0.1) is 5.56 Å². The number of benzene rings is 3. The molecular formula is C24H20ClN3O3. The van der Waals surface area contributed by atoms with Gasteiger partial charge in [0.25, 0.3) is 11.8 Å². The van der Waals surface area contributed by atoms with Crippen molar-refractivity contribution in [3.63, 3.8) is 0 Å². The molecule has 6 nitrogen and oxygen atoms in total. The Morgan fingerprint density at radius 2 is 1.90 bits per heavy atom. The van der Waals surface area contributed by atoms with Crippen LogP contribution in [0.25, 0.3) is 0 Å². The van der Waals surface area contributed by atoms with Crippen molar-refractivity contribution in [2.45, 2.75) is 6.17 Å². The maximum absolute atomic E-state index is 13.2. The van der Waals surface area contributed by atoms with E-state index in [1.165, 1.54) is 5.01 Å². The van der Waals surface area contributed by atoms with Crippen LogP contribution >= 0.6 is 11.6 Å². The highest BCUT2D eigenvalue weighted by molar-refractivity contribution is 6.30. The predicted octanol–water partition coefficient (Wildman–Crippen LogP) is 4.82. The second-order valence-corrected chi connectivity index (χ2v) is 7.32. The van der Waals surface area contributed by atoms with E-state index in [9.17, 15) is 9.59 Å². The number of nitrogens with zero attached hydrogens (tertiary/aromatic N) is 1. The van der Waals surface area contributed by atoms with Gasteiger partial charge in [0.1, 0.15) is 18.5 Å². The summed E-state index contributed by atoms with van der Waals surface area (Å²) in [7, 11) is 0. The number of hydrogen-bond acceptors (Lipinski definition) is 4. The van der Waals surface area contributed by atoms with Crippen LogP contribution in [0.2, 0.25) is 5.02 Å². The zero-order valence-corrected chi connectivity index (χ0v) is 17.3. The van der Waals surface area contributed by atoms with Crippen molar-refractivity contribution < 1.29 is 14.3 Å². The van der Waals surface area contributed by atoms with Crippen LogP contribution in [0.5, 0.6) is 5.75 Å². The minimum absolute atomic E-state index is 0.321. The minimum Gasteiger partial charge on any atom is -0.490 e. The highest BCUT2D eigenvalue weighted by Crippen LogP contribution is 2.32. The number of halogens is 1. The van der Waals surface area contributed by atoms with Gasteiger partial charge >= 0.3 is 0 Å². The van der Waals surface area contributed by atoms with E-state index in [1.807, 2.05) is 18.2 Å². The summed E-state index contributed by atoms with van der Waals surface area (Å²) >= 11 is 6.16. The Hall–Kier alpha value is -3.77. The SMILES string of the molecule is C=CCOc1ccc(C(=O)NN2C(=O)c3ccccc3N[C@H]2c2cccc(Cl)c2)cc1. The van der Waals surface area contributed by atoms with Gasteiger partial charge in [-0.05, 0) is 54.1 Å². The van der Waals surface area contributed by atoms with E-state index in [4.69, 9.17) is 16.3 Å². The summed E-state index contributed by atoms with van der Waals surface area (Å²) in [6.45, 7) is 3.98. The first-order chi connectivity index (χ1) is 15.1. The predicted molar refractivity (Wildman–Crippen MR) is 120 cm³/mol. The van der Waals surface area contributed by atoms with Gasteiger partial charge in [0.2, 0.25) is 0 Å². The van der Waals surface area contributed by atoms with Crippen LogP contribution in [-0.2, 0) is 0 Å². The lowest BCUT2D eigenvalue weighted by molar-refractivity contribution is 0.0491. The number of nitrogens with one attached hydrogen (secondary N) is 2. The fourth-order valence-corrected chi connectivity index (χ4v) is 3.51. The third-order valence-corrected chi connectivity index (χ3v) is 5.03. The van der Waals surface area contributed by atoms with Gasteiger partial charge in [-0.15, -0.1) is 0 Å². The van der Waals surface area contributed by atoms with Crippen LogP contribution in [0.15, 0.2) is 85.5 Å². The first-order valence-corrected chi connectivity index (χ1v) is 10.0. The van der Waals surface area contributed by atoms with E-state index in [-0.39, 0.29) is 5.91 Å². The summed E-state index contributed by atoms with van der Waals surface area (Å²) in [5, 5.41) is 5.14. The van der Waals surface area contributed by atoms with Gasteiger partial charge in [0, 0.05) is 16.3 Å². The molecule has 156 valence electrons. The summed E-state index contributed by atoms with van der Waals surface area (Å²) < 4.78 is 5.45. The van der Waals surface area contributed by atoms with Crippen LogP contribution < -0.4 is 15.5 Å². The molecule has 0 aliphatic carbocycles. The molecule has 0 bridgehead atoms. The van der Waals surface area contributed by atoms with E-state index >= 15 is 0 Å². The Morgan fingerprint density at radius 3 is 2.65 bits per heavy atom. The van der Waals surface area contributed by atoms with Crippen LogP contribution in [0.1, 0.15) is 32.4 Å². The van der Waals surface area contributed by atoms with Crippen LogP contribution in [-0.4, -0.2) is 23.4 Å². The van der Waals surface area contributed by atoms with Gasteiger partial charge < -0.3 is 10.1 Å². The maximum Gasteiger partial charge on any atom is 0.276 e. The quantitative estimate of drug-likeness (QED) is 0.547. The van der Waals surface area contributed by atoms with Gasteiger partial charge in [-0.25, -0.2) is 5.01 Å². The maximum atomic E-state index is 13.2. The van der Waals surface area contributed by atoms with Crippen molar-refractivity contribution in [2.75, 3.05) is 11.9 Å². The van der Waals surface area contributed by atoms with Crippen molar-refractivity contribution in [1.29, 1.82) is 0 Å². The van der Waals surface area contributed by atoms with Crippen molar-refractivity contribution >= 4 is 29.1 Å². The fourth-order valence-electron chi connectivity index (χ4n) is 3.31. The summed E-state index contributed by atoms with van der Waals surface area (Å²) in [5.74, 6) is -0.117. The van der Waals surface area contributed by atoms with Gasteiger partial charge in [0.15, 0.2) is 0 Å². The molecule has 31 heavy (non-hydrogen) atoms. The Balaban J connectivity index is 1.62. The third-order valence-electron chi connectivity index (χ3n) is 4.80. The Kier molecular flexibility index (Phi) is 5.91. The van der Waals surface area contributed by atoms with E-state index in [1.54, 1.807) is 60.7 Å². The second-order valence-electron chi connectivity index (χ2n) is 6.89. The van der Waals surface area contributed by atoms with Gasteiger partial charge in [-0.3, -0.25) is 15.0 Å². The highest BCUT2D eigenvalue weighted by Gasteiger charge is 2.34. The molecule has 0 fully saturated rings. The van der Waals surface area contributed by atoms with Crippen molar-refractivity contribution in [2.24, 2.45) is 0 Å². The molecule has 1 aliphatic heterocycles. The number of amides is 2. The number of rotatable bonds is 6. The normalized spacial score (nSPS) is 14.9. The molecule has 0 radical (unpaired) electrons. The standard InChI is InChI=1S/C24H20ClN3O3/c1-2-14-31-19-12-10-16(11-13-19)23(29)27-28-22(17-6-5-7-18(25)15-17)26-21-9-4-3-8-20(21)24(28)30/h2-13,15,22,26H,1,14H2,(H,27,29)/t22-/m1/s1. The van der Waals surface area contributed by atoms with Crippen LogP contribution in [0.3, 0.4) is 0 Å². The molecule has 1 heterocycles. The third kappa shape index (κ3) is 4.39. The molecule has 2 N–H and O–H groups in total. The van der Waals surface area contributed by atoms with E-state index in [0.29, 0.717) is 34.2 Å². The molecule has 0 spiro atoms. The van der Waals surface area contributed by atoms with Crippen molar-refractivity contribution in [3.8, 4) is 5.75 Å². The zero-order chi connectivity index (χ0) is 21.8. The fraction of sp³-hybridized carbons (Fsp3) is 0.0833. The number of ether oxygens (including phenoxy) is 1. The molecule has 0 saturated carbocycles. The molecule has 2 amide bonds. The number of carbonyl (C=O) groups excluding carboxylic acids is 2. The first kappa shape index (κ1) is 20.5. The lowest BCUT2D eigenvalue weighted by Crippen LogP contribution is -2.52. The molecule has 1 aliphatic rings. The lowest BCUT2D eigenvalue weighted by Gasteiger charge is -2.37. The zero-order valence-electron chi connectivity index (χ0n) is 16.5. The van der Waals surface area contributed by atoms with Crippen LogP contribution in [0.4, 0.5) is 5.69 Å². The average Bonchev–Trinajstić information content (AvgIpc) is 2.79. The molecule has 3 aromatic rings. The number of hydrogen-bond donors (Lipinski definition) is 2. The van der Waals surface area contributed by atoms with Crippen LogP contribution in [0, 0.1) is 0 Å². The summed E-state index contributed by atoms with van der Waals surface area (Å²) in [5.41, 5.74) is 5.02. The number of anilines is 1. The summed E-state index contributed by atoms with van der Waals surface area (Å²) in [4.78, 5) is 26.2. The number of para-hydroxylation sites is 1. The highest BCUT2D eigenvalue weighted by atomic mass is 35.5. The van der Waals surface area contributed by atoms with Gasteiger partial charge in [-0.1, -0.05) is 48.5 Å². The lowest BCUT2D eigenvalue weighted by atomic mass is 10.0. The Morgan fingerprint density at radius 1 is 1.13 bits per heavy atom. The monoisotopic (exact) mass is 433 g/mol. The minimum atomic E-state index is -0.625. The average molecular weight is 434 g/mol. The van der Waals surface area contributed by atoms with E-state index in [0.717, 1.165) is 5.56 Å². The largest absolute Gasteiger partial charge is 0.490 e. The molecule has 0 aromatic heterocycles. The summed E-state index contributed by atoms with van der Waals surface area (Å²) in [6.07, 6.45) is 1.02. The number of carbonyl (C=O) groups is 2. The number of hydrazine groups is 1. The van der Waals surface area contributed by atoms with Gasteiger partial charge in [-0.2, -0.15) is 0 Å². The first-order valence-electron chi connectivity index (χ1n) is 9.66. The molecule has 7 heteroatoms.